The van der Waals surface area contributed by atoms with Gasteiger partial charge in [-0.2, -0.15) is 20.4 Å². The molecule has 10 aromatic carbocycles. The van der Waals surface area contributed by atoms with Crippen molar-refractivity contribution in [1.29, 1.82) is 0 Å². The lowest BCUT2D eigenvalue weighted by atomic mass is 9.94. The van der Waals surface area contributed by atoms with Gasteiger partial charge in [-0.15, -0.1) is 0 Å². The van der Waals surface area contributed by atoms with E-state index in [1.807, 2.05) is 12.1 Å². The molecule has 388 valence electrons. The van der Waals surface area contributed by atoms with Gasteiger partial charge >= 0.3 is 0 Å². The number of hydrazone groups is 4. The predicted octanol–water partition coefficient (Wildman–Crippen LogP) is 16.8. The monoisotopic (exact) mass is 1040 g/mol. The van der Waals surface area contributed by atoms with Gasteiger partial charge in [0.2, 0.25) is 0 Å². The van der Waals surface area contributed by atoms with E-state index in [2.05, 4.69) is 299 Å². The molecule has 4 aliphatic heterocycles. The minimum atomic E-state index is 0.136. The minimum Gasteiger partial charge on any atom is -0.257 e. The third-order valence-corrected chi connectivity index (χ3v) is 15.6. The van der Waals surface area contributed by atoms with Crippen molar-refractivity contribution in [2.45, 2.75) is 49.9 Å². The van der Waals surface area contributed by atoms with Crippen LogP contribution < -0.4 is 20.0 Å². The van der Waals surface area contributed by atoms with Crippen LogP contribution >= 0.6 is 0 Å². The first-order valence-electron chi connectivity index (χ1n) is 27.8. The zero-order chi connectivity index (χ0) is 53.5. The Morgan fingerprint density at radius 2 is 0.388 bits per heavy atom. The average molecular weight is 1040 g/mol. The molecule has 0 bridgehead atoms. The fraction of sp³-hybridized carbons (Fsp3) is 0.111. The molecular weight excluding hydrogens is 977 g/mol. The zero-order valence-corrected chi connectivity index (χ0v) is 44.4. The summed E-state index contributed by atoms with van der Waals surface area (Å²) < 4.78 is 0. The van der Waals surface area contributed by atoms with Crippen LogP contribution in [0.25, 0.3) is 0 Å². The first-order valence-corrected chi connectivity index (χ1v) is 27.8. The van der Waals surface area contributed by atoms with Gasteiger partial charge in [0.15, 0.2) is 0 Å². The summed E-state index contributed by atoms with van der Waals surface area (Å²) in [4.78, 5) is 0. The summed E-state index contributed by atoms with van der Waals surface area (Å²) >= 11 is 0. The molecule has 10 aromatic rings. The van der Waals surface area contributed by atoms with E-state index in [1.54, 1.807) is 0 Å². The van der Waals surface area contributed by atoms with E-state index in [9.17, 15) is 0 Å². The smallest absolute Gasteiger partial charge is 0.0831 e. The van der Waals surface area contributed by atoms with Crippen molar-refractivity contribution in [2.75, 3.05) is 20.0 Å². The van der Waals surface area contributed by atoms with Crippen LogP contribution in [0, 0.1) is 0 Å². The second-order valence-electron chi connectivity index (χ2n) is 20.6. The molecule has 14 rings (SSSR count). The highest BCUT2D eigenvalue weighted by Gasteiger charge is 2.34. The summed E-state index contributed by atoms with van der Waals surface area (Å²) in [6.45, 7) is 0. The first-order chi connectivity index (χ1) is 39.7. The van der Waals surface area contributed by atoms with E-state index in [4.69, 9.17) is 20.4 Å². The Bertz CT molecular complexity index is 3510. The fourth-order valence-electron chi connectivity index (χ4n) is 11.5. The van der Waals surface area contributed by atoms with E-state index in [-0.39, 0.29) is 24.2 Å². The third kappa shape index (κ3) is 10.6. The molecule has 4 aliphatic rings. The van der Waals surface area contributed by atoms with Crippen LogP contribution in [0.3, 0.4) is 0 Å². The van der Waals surface area contributed by atoms with Gasteiger partial charge in [-0.1, -0.05) is 243 Å². The molecule has 0 radical (unpaired) electrons. The van der Waals surface area contributed by atoms with Crippen LogP contribution in [0.15, 0.2) is 312 Å². The summed E-state index contributed by atoms with van der Waals surface area (Å²) in [6.07, 6.45) is 3.44. The maximum absolute atomic E-state index is 5.13. The summed E-state index contributed by atoms with van der Waals surface area (Å²) in [6, 6.07) is 103. The lowest BCUT2D eigenvalue weighted by Crippen LogP contribution is -2.20. The number of rotatable bonds is 12. The van der Waals surface area contributed by atoms with Gasteiger partial charge in [0.25, 0.3) is 0 Å². The summed E-state index contributed by atoms with van der Waals surface area (Å²) in [7, 11) is 0. The molecule has 0 aliphatic carbocycles. The number of hydrogen-bond donors (Lipinski definition) is 0. The molecule has 0 spiro atoms. The predicted molar refractivity (Wildman–Crippen MR) is 330 cm³/mol. The molecule has 4 heterocycles. The Hall–Kier alpha value is -9.92. The lowest BCUT2D eigenvalue weighted by Gasteiger charge is -2.26. The SMILES string of the molecule is c1ccc(C2=NN(c3ccccc3)C(c3ccc(C4CC(c5ccccc5)=NN4c4ccccc4)cc3)C2)cc1.c1ccc(C2CC(c3ccc(C4=NN(c5ccccc5)C(c5ccccc5)C4)cc3)=NN2c2ccccc2)cc1. The van der Waals surface area contributed by atoms with Crippen molar-refractivity contribution in [3.63, 3.8) is 0 Å². The molecule has 80 heavy (non-hydrogen) atoms. The van der Waals surface area contributed by atoms with Crippen molar-refractivity contribution >= 4 is 45.6 Å². The van der Waals surface area contributed by atoms with Crippen molar-refractivity contribution in [2.24, 2.45) is 20.4 Å². The Kier molecular flexibility index (Phi) is 14.2. The van der Waals surface area contributed by atoms with E-state index in [0.717, 1.165) is 82.4 Å². The van der Waals surface area contributed by atoms with Gasteiger partial charge in [-0.05, 0) is 93.0 Å². The van der Waals surface area contributed by atoms with E-state index in [0.29, 0.717) is 0 Å². The van der Waals surface area contributed by atoms with Crippen LogP contribution in [0.1, 0.15) is 94.4 Å². The number of hydrogen-bond acceptors (Lipinski definition) is 8. The van der Waals surface area contributed by atoms with Gasteiger partial charge in [0, 0.05) is 25.7 Å². The van der Waals surface area contributed by atoms with Crippen LogP contribution in [0.2, 0.25) is 0 Å². The third-order valence-electron chi connectivity index (χ3n) is 15.6. The van der Waals surface area contributed by atoms with Crippen molar-refractivity contribution in [3.8, 4) is 0 Å². The fourth-order valence-corrected chi connectivity index (χ4v) is 11.5. The second-order valence-corrected chi connectivity index (χ2v) is 20.6. The molecular formula is C72H60N8. The minimum absolute atomic E-state index is 0.136. The molecule has 4 atom stereocenters. The molecule has 0 aromatic heterocycles. The molecule has 8 nitrogen and oxygen atoms in total. The van der Waals surface area contributed by atoms with Crippen molar-refractivity contribution in [1.82, 2.24) is 0 Å². The van der Waals surface area contributed by atoms with Crippen LogP contribution in [-0.2, 0) is 0 Å². The average Bonchev–Trinajstić information content (AvgIpc) is 4.40. The lowest BCUT2D eigenvalue weighted by molar-refractivity contribution is 0.696. The van der Waals surface area contributed by atoms with E-state index in [1.165, 1.54) is 33.4 Å². The number of anilines is 4. The highest BCUT2D eigenvalue weighted by molar-refractivity contribution is 6.07. The molecule has 8 heteroatoms. The maximum atomic E-state index is 5.13. The van der Waals surface area contributed by atoms with Crippen LogP contribution in [0.5, 0.6) is 0 Å². The highest BCUT2D eigenvalue weighted by Crippen LogP contribution is 2.42. The van der Waals surface area contributed by atoms with Crippen molar-refractivity contribution in [3.05, 3.63) is 336 Å². The zero-order valence-electron chi connectivity index (χ0n) is 44.4. The molecule has 0 fully saturated rings. The van der Waals surface area contributed by atoms with Gasteiger partial charge < -0.3 is 0 Å². The molecule has 0 amide bonds. The molecule has 0 saturated carbocycles. The Morgan fingerprint density at radius 3 is 0.625 bits per heavy atom. The number of para-hydroxylation sites is 4. The normalized spacial score (nSPS) is 18.5. The first kappa shape index (κ1) is 49.6. The second kappa shape index (κ2) is 23.0. The quantitative estimate of drug-likeness (QED) is 0.122. The largest absolute Gasteiger partial charge is 0.257 e. The maximum Gasteiger partial charge on any atom is 0.0831 e. The van der Waals surface area contributed by atoms with Crippen LogP contribution in [0.4, 0.5) is 22.7 Å². The number of benzene rings is 10. The summed E-state index contributed by atoms with van der Waals surface area (Å²) in [5, 5.41) is 29.2. The summed E-state index contributed by atoms with van der Waals surface area (Å²) in [5.74, 6) is 0. The molecule has 0 saturated heterocycles. The van der Waals surface area contributed by atoms with Gasteiger partial charge in [0.05, 0.1) is 69.8 Å². The Balaban J connectivity index is 0.000000151. The van der Waals surface area contributed by atoms with Gasteiger partial charge in [-0.25, -0.2) is 0 Å². The van der Waals surface area contributed by atoms with Crippen molar-refractivity contribution < 1.29 is 0 Å². The Morgan fingerprint density at radius 1 is 0.200 bits per heavy atom. The molecule has 0 N–H and O–H groups in total. The van der Waals surface area contributed by atoms with Gasteiger partial charge in [0.1, 0.15) is 0 Å². The van der Waals surface area contributed by atoms with Crippen LogP contribution in [-0.4, -0.2) is 22.8 Å². The highest BCUT2D eigenvalue weighted by atomic mass is 15.5. The molecule has 4 unspecified atom stereocenters. The standard InChI is InChI=1S/2C36H30N4/c1-5-13-29(14-6-1)35-25-33(37-39(35)31-17-9-3-10-18-31)27-21-23-28(24-22-27)34-26-36(30-15-7-2-8-16-30)40(38-34)32-19-11-4-12-20-32;1-5-13-27(14-6-1)33-25-35(39(37-33)31-17-9-3-10-18-31)29-21-23-30(24-22-29)36-26-34(28-15-7-2-8-16-28)38-40(36)32-19-11-4-12-20-32/h2*1-24,35-36H,25-26H2. The summed E-state index contributed by atoms with van der Waals surface area (Å²) in [5.41, 5.74) is 18.6. The number of nitrogens with zero attached hydrogens (tertiary/aromatic N) is 8. The van der Waals surface area contributed by atoms with E-state index >= 15 is 0 Å². The topological polar surface area (TPSA) is 62.4 Å². The Labute approximate surface area is 469 Å². The van der Waals surface area contributed by atoms with Gasteiger partial charge in [-0.3, -0.25) is 20.0 Å². The van der Waals surface area contributed by atoms with E-state index < -0.39 is 0 Å².